The van der Waals surface area contributed by atoms with Crippen LogP contribution in [0.25, 0.3) is 0 Å². The average Bonchev–Trinajstić information content (AvgIpc) is 3.20. The highest BCUT2D eigenvalue weighted by Crippen LogP contribution is 2.38. The van der Waals surface area contributed by atoms with Crippen molar-refractivity contribution >= 4 is 5.91 Å². The van der Waals surface area contributed by atoms with Crippen molar-refractivity contribution in [3.05, 3.63) is 18.2 Å². The number of nitrogens with zero attached hydrogens (tertiary/aromatic N) is 3. The summed E-state index contributed by atoms with van der Waals surface area (Å²) in [6, 6.07) is 0.389. The number of aromatic nitrogens is 2. The Labute approximate surface area is 101 Å². The zero-order chi connectivity index (χ0) is 12.0. The molecule has 3 rings (SSSR count). The minimum Gasteiger partial charge on any atom is -0.337 e. The fourth-order valence-corrected chi connectivity index (χ4v) is 2.09. The summed E-state index contributed by atoms with van der Waals surface area (Å²) in [7, 11) is 1.95. The molecular formula is C12H18N4O. The van der Waals surface area contributed by atoms with E-state index in [9.17, 15) is 4.79 Å². The Hall–Kier alpha value is -1.36. The molecular weight excluding hydrogens is 216 g/mol. The lowest BCUT2D eigenvalue weighted by atomic mass is 10.2. The van der Waals surface area contributed by atoms with Gasteiger partial charge in [-0.15, -0.1) is 0 Å². The second kappa shape index (κ2) is 3.57. The molecule has 1 amide bonds. The largest absolute Gasteiger partial charge is 0.337 e. The molecule has 0 atom stereocenters. The van der Waals surface area contributed by atoms with E-state index in [0.29, 0.717) is 12.6 Å². The first kappa shape index (κ1) is 10.8. The predicted octanol–water partition coefficient (Wildman–Crippen LogP) is 0.402. The maximum absolute atomic E-state index is 12.3. The minimum absolute atomic E-state index is 0.114. The van der Waals surface area contributed by atoms with Gasteiger partial charge in [-0.2, -0.15) is 0 Å². The highest BCUT2D eigenvalue weighted by Gasteiger charge is 2.50. The van der Waals surface area contributed by atoms with E-state index in [4.69, 9.17) is 5.73 Å². The van der Waals surface area contributed by atoms with Gasteiger partial charge in [-0.05, 0) is 25.7 Å². The van der Waals surface area contributed by atoms with Crippen LogP contribution in [0.15, 0.2) is 12.4 Å². The number of carbonyl (C=O) groups is 1. The molecule has 1 aromatic rings. The third-order valence-corrected chi connectivity index (χ3v) is 3.70. The Kier molecular flexibility index (Phi) is 2.26. The second-order valence-corrected chi connectivity index (χ2v) is 5.27. The zero-order valence-electron chi connectivity index (χ0n) is 10.1. The zero-order valence-corrected chi connectivity index (χ0v) is 10.1. The molecule has 0 bridgehead atoms. The molecule has 0 unspecified atom stereocenters. The lowest BCUT2D eigenvalue weighted by Crippen LogP contribution is -2.46. The summed E-state index contributed by atoms with van der Waals surface area (Å²) in [6.07, 6.45) is 7.53. The summed E-state index contributed by atoms with van der Waals surface area (Å²) in [5.41, 5.74) is 5.44. The van der Waals surface area contributed by atoms with Crippen LogP contribution in [-0.4, -0.2) is 31.9 Å². The Morgan fingerprint density at radius 1 is 1.65 bits per heavy atom. The predicted molar refractivity (Wildman–Crippen MR) is 62.9 cm³/mol. The highest BCUT2D eigenvalue weighted by molar-refractivity contribution is 5.89. The van der Waals surface area contributed by atoms with Gasteiger partial charge < -0.3 is 15.2 Å². The van der Waals surface area contributed by atoms with E-state index in [-0.39, 0.29) is 5.91 Å². The molecule has 1 heterocycles. The van der Waals surface area contributed by atoms with Gasteiger partial charge in [0.05, 0.1) is 12.1 Å². The van der Waals surface area contributed by atoms with Crippen LogP contribution in [0.2, 0.25) is 0 Å². The van der Waals surface area contributed by atoms with Crippen LogP contribution >= 0.6 is 0 Å². The monoisotopic (exact) mass is 234 g/mol. The van der Waals surface area contributed by atoms with Gasteiger partial charge in [0.1, 0.15) is 5.82 Å². The Balaban J connectivity index is 1.77. The molecule has 2 saturated carbocycles. The molecule has 0 saturated heterocycles. The summed E-state index contributed by atoms with van der Waals surface area (Å²) in [5, 5.41) is 0. The highest BCUT2D eigenvalue weighted by atomic mass is 16.2. The molecule has 5 nitrogen and oxygen atoms in total. The van der Waals surface area contributed by atoms with E-state index in [1.165, 1.54) is 0 Å². The number of amides is 1. The number of hydrogen-bond donors (Lipinski definition) is 1. The van der Waals surface area contributed by atoms with Gasteiger partial charge in [0.2, 0.25) is 5.91 Å². The van der Waals surface area contributed by atoms with Crippen LogP contribution in [0, 0.1) is 0 Å². The summed E-state index contributed by atoms with van der Waals surface area (Å²) in [4.78, 5) is 18.5. The van der Waals surface area contributed by atoms with Crippen molar-refractivity contribution in [3.63, 3.8) is 0 Å². The SMILES string of the molecule is Cn1ccnc1CN(C(=O)C1(N)CC1)C1CC1. The maximum atomic E-state index is 12.3. The first-order valence-corrected chi connectivity index (χ1v) is 6.16. The molecule has 92 valence electrons. The van der Waals surface area contributed by atoms with E-state index in [1.54, 1.807) is 6.20 Å². The molecule has 0 aliphatic heterocycles. The van der Waals surface area contributed by atoms with Gasteiger partial charge in [-0.25, -0.2) is 4.98 Å². The van der Waals surface area contributed by atoms with Crippen LogP contribution in [-0.2, 0) is 18.4 Å². The maximum Gasteiger partial charge on any atom is 0.243 e. The van der Waals surface area contributed by atoms with Gasteiger partial charge in [0.15, 0.2) is 0 Å². The van der Waals surface area contributed by atoms with E-state index in [0.717, 1.165) is 31.5 Å². The van der Waals surface area contributed by atoms with E-state index < -0.39 is 5.54 Å². The molecule has 0 spiro atoms. The third-order valence-electron chi connectivity index (χ3n) is 3.70. The first-order valence-electron chi connectivity index (χ1n) is 6.16. The van der Waals surface area contributed by atoms with Gasteiger partial charge in [-0.1, -0.05) is 0 Å². The van der Waals surface area contributed by atoms with Crippen molar-refractivity contribution in [1.82, 2.24) is 14.5 Å². The van der Waals surface area contributed by atoms with E-state index >= 15 is 0 Å². The summed E-state index contributed by atoms with van der Waals surface area (Å²) in [6.45, 7) is 0.589. The Bertz CT molecular complexity index is 445. The van der Waals surface area contributed by atoms with Crippen molar-refractivity contribution in [3.8, 4) is 0 Å². The standard InChI is InChI=1S/C12H18N4O/c1-15-7-6-14-10(15)8-16(9-2-3-9)11(17)12(13)4-5-12/h6-7,9H,2-5,8,13H2,1H3. The lowest BCUT2D eigenvalue weighted by Gasteiger charge is -2.25. The number of carbonyl (C=O) groups excluding carboxylic acids is 1. The molecule has 1 aromatic heterocycles. The van der Waals surface area contributed by atoms with Crippen molar-refractivity contribution in [2.45, 2.75) is 43.8 Å². The Morgan fingerprint density at radius 3 is 2.82 bits per heavy atom. The van der Waals surface area contributed by atoms with Gasteiger partial charge in [0.25, 0.3) is 0 Å². The molecule has 2 aliphatic rings. The van der Waals surface area contributed by atoms with Crippen LogP contribution in [0.4, 0.5) is 0 Å². The van der Waals surface area contributed by atoms with Crippen LogP contribution < -0.4 is 5.73 Å². The molecule has 2 N–H and O–H groups in total. The van der Waals surface area contributed by atoms with E-state index in [2.05, 4.69) is 4.98 Å². The first-order chi connectivity index (χ1) is 8.10. The van der Waals surface area contributed by atoms with Gasteiger partial charge >= 0.3 is 0 Å². The van der Waals surface area contributed by atoms with Crippen molar-refractivity contribution in [1.29, 1.82) is 0 Å². The molecule has 2 aliphatic carbocycles. The van der Waals surface area contributed by atoms with E-state index in [1.807, 2.05) is 22.7 Å². The quantitative estimate of drug-likeness (QED) is 0.820. The number of hydrogen-bond acceptors (Lipinski definition) is 3. The van der Waals surface area contributed by atoms with Crippen molar-refractivity contribution in [2.24, 2.45) is 12.8 Å². The number of aryl methyl sites for hydroxylation is 1. The van der Waals surface area contributed by atoms with Crippen LogP contribution in [0.3, 0.4) is 0 Å². The number of nitrogens with two attached hydrogens (primary N) is 1. The van der Waals surface area contributed by atoms with Crippen molar-refractivity contribution in [2.75, 3.05) is 0 Å². The normalized spacial score (nSPS) is 21.3. The third kappa shape index (κ3) is 1.95. The molecule has 5 heteroatoms. The van der Waals surface area contributed by atoms with Crippen LogP contribution in [0.5, 0.6) is 0 Å². The lowest BCUT2D eigenvalue weighted by molar-refractivity contribution is -0.135. The summed E-state index contributed by atoms with van der Waals surface area (Å²) in [5.74, 6) is 1.04. The Morgan fingerprint density at radius 2 is 2.35 bits per heavy atom. The average molecular weight is 234 g/mol. The van der Waals surface area contributed by atoms with Gasteiger partial charge in [0, 0.05) is 25.5 Å². The smallest absolute Gasteiger partial charge is 0.243 e. The molecule has 0 aromatic carbocycles. The fraction of sp³-hybridized carbons (Fsp3) is 0.667. The number of rotatable bonds is 4. The van der Waals surface area contributed by atoms with Crippen molar-refractivity contribution < 1.29 is 4.79 Å². The molecule has 0 radical (unpaired) electrons. The van der Waals surface area contributed by atoms with Gasteiger partial charge in [-0.3, -0.25) is 4.79 Å². The summed E-state index contributed by atoms with van der Waals surface area (Å²) < 4.78 is 1.96. The topological polar surface area (TPSA) is 64.2 Å². The molecule has 17 heavy (non-hydrogen) atoms. The van der Waals surface area contributed by atoms with Crippen LogP contribution in [0.1, 0.15) is 31.5 Å². The molecule has 2 fully saturated rings. The second-order valence-electron chi connectivity index (χ2n) is 5.27. The number of imidazole rings is 1. The fourth-order valence-electron chi connectivity index (χ4n) is 2.09. The minimum atomic E-state index is -0.562. The summed E-state index contributed by atoms with van der Waals surface area (Å²) >= 11 is 0.